The lowest BCUT2D eigenvalue weighted by Gasteiger charge is -2.09. The van der Waals surface area contributed by atoms with Crippen LogP contribution in [0.25, 0.3) is 0 Å². The number of nitrogens with zero attached hydrogens (tertiary/aromatic N) is 4. The second-order valence-electron chi connectivity index (χ2n) is 6.93. The summed E-state index contributed by atoms with van der Waals surface area (Å²) in [4.78, 5) is 19.0. The Morgan fingerprint density at radius 3 is 2.55 bits per heavy atom. The molecule has 0 bridgehead atoms. The summed E-state index contributed by atoms with van der Waals surface area (Å²) >= 11 is 0. The van der Waals surface area contributed by atoms with Crippen molar-refractivity contribution in [3.63, 3.8) is 0 Å². The molecule has 0 unspecified atom stereocenters. The molecule has 0 saturated heterocycles. The van der Waals surface area contributed by atoms with Crippen LogP contribution < -0.4 is 11.1 Å². The number of nitrogens with two attached hydrogens (primary N) is 1. The Kier molecular flexibility index (Phi) is 5.76. The van der Waals surface area contributed by atoms with Gasteiger partial charge in [-0.25, -0.2) is 19.2 Å². The molecule has 0 radical (unpaired) electrons. The van der Waals surface area contributed by atoms with Crippen LogP contribution in [0, 0.1) is 19.7 Å². The van der Waals surface area contributed by atoms with Crippen molar-refractivity contribution in [1.29, 1.82) is 0 Å². The molecular weight excluding hydrogens is 375 g/mol. The van der Waals surface area contributed by atoms with E-state index in [-0.39, 0.29) is 11.5 Å². The fraction of sp³-hybridized carbons (Fsp3) is 0.300. The molecule has 1 fully saturated rings. The van der Waals surface area contributed by atoms with Crippen molar-refractivity contribution in [2.75, 3.05) is 11.1 Å². The Morgan fingerprint density at radius 1 is 1.24 bits per heavy atom. The number of hydrogen-bond donors (Lipinski definition) is 3. The minimum absolute atomic E-state index is 0.0270. The molecule has 3 heterocycles. The third-order valence-electron chi connectivity index (χ3n) is 4.44. The van der Waals surface area contributed by atoms with E-state index >= 15 is 0 Å². The quantitative estimate of drug-likeness (QED) is 0.615. The number of nitrogen functional groups attached to an aromatic ring is 1. The smallest absolute Gasteiger partial charge is 0.356 e. The minimum atomic E-state index is -1.04. The topological polar surface area (TPSA) is 119 Å². The van der Waals surface area contributed by atoms with E-state index in [4.69, 9.17) is 5.73 Å². The first-order valence-corrected chi connectivity index (χ1v) is 9.15. The number of hydrogen-bond acceptors (Lipinski definition) is 6. The second kappa shape index (κ2) is 8.26. The predicted molar refractivity (Wildman–Crippen MR) is 108 cm³/mol. The average Bonchev–Trinajstić information content (AvgIpc) is 3.45. The zero-order chi connectivity index (χ0) is 21.1. The van der Waals surface area contributed by atoms with Gasteiger partial charge in [0.1, 0.15) is 17.5 Å². The molecule has 3 aromatic rings. The second-order valence-corrected chi connectivity index (χ2v) is 6.93. The highest BCUT2D eigenvalue weighted by atomic mass is 19.1. The molecule has 1 aliphatic carbocycles. The summed E-state index contributed by atoms with van der Waals surface area (Å²) in [6.07, 6.45) is 2.37. The first-order chi connectivity index (χ1) is 13.7. The summed E-state index contributed by atoms with van der Waals surface area (Å²) in [5, 5.41) is 16.8. The van der Waals surface area contributed by atoms with E-state index in [9.17, 15) is 14.3 Å². The van der Waals surface area contributed by atoms with Gasteiger partial charge in [-0.2, -0.15) is 5.10 Å². The highest BCUT2D eigenvalue weighted by Gasteiger charge is 2.27. The van der Waals surface area contributed by atoms with Gasteiger partial charge in [0, 0.05) is 24.7 Å². The number of carbonyl (C=O) groups is 1. The van der Waals surface area contributed by atoms with Gasteiger partial charge in [-0.1, -0.05) is 0 Å². The SMILES string of the molecule is Cc1ccc(Nc2cc(C3CC3)nn2C)c(C(=O)O)n1.Cc1nc(N)ccc1F. The van der Waals surface area contributed by atoms with Crippen molar-refractivity contribution in [1.82, 2.24) is 19.7 Å². The monoisotopic (exact) mass is 398 g/mol. The standard InChI is InChI=1S/C14H16N4O2.C6H7FN2/c1-8-3-6-10(13(15-8)14(19)20)16-12-7-11(9-4-5-9)17-18(12)2;1-4-5(7)2-3-6(8)9-4/h3,6-7,9,16H,4-5H2,1-2H3,(H,19,20);2-3H,1H3,(H2,8,9). The number of carboxylic acid groups (broad SMARTS) is 1. The number of nitrogens with one attached hydrogen (secondary N) is 1. The van der Waals surface area contributed by atoms with Crippen LogP contribution in [-0.2, 0) is 7.05 Å². The number of pyridine rings is 2. The van der Waals surface area contributed by atoms with Crippen LogP contribution in [0.2, 0.25) is 0 Å². The Labute approximate surface area is 167 Å². The normalized spacial score (nSPS) is 12.8. The summed E-state index contributed by atoms with van der Waals surface area (Å²) in [6, 6.07) is 8.23. The maximum Gasteiger partial charge on any atom is 0.356 e. The van der Waals surface area contributed by atoms with E-state index in [0.29, 0.717) is 28.8 Å². The minimum Gasteiger partial charge on any atom is -0.476 e. The molecule has 0 spiro atoms. The lowest BCUT2D eigenvalue weighted by atomic mass is 10.2. The Bertz CT molecular complexity index is 1050. The lowest BCUT2D eigenvalue weighted by Crippen LogP contribution is -2.08. The molecule has 4 N–H and O–H groups in total. The number of aromatic carboxylic acids is 1. The number of halogens is 1. The van der Waals surface area contributed by atoms with Crippen molar-refractivity contribution in [2.45, 2.75) is 32.6 Å². The number of aromatic nitrogens is 4. The Balaban J connectivity index is 0.000000224. The summed E-state index contributed by atoms with van der Waals surface area (Å²) in [5.74, 6) is 0.339. The zero-order valence-corrected chi connectivity index (χ0v) is 16.5. The average molecular weight is 398 g/mol. The lowest BCUT2D eigenvalue weighted by molar-refractivity contribution is 0.0691. The highest BCUT2D eigenvalue weighted by Crippen LogP contribution is 2.40. The molecule has 8 nitrogen and oxygen atoms in total. The third kappa shape index (κ3) is 5.07. The molecule has 0 aliphatic heterocycles. The van der Waals surface area contributed by atoms with Crippen molar-refractivity contribution in [3.05, 3.63) is 58.9 Å². The predicted octanol–water partition coefficient (Wildman–Crippen LogP) is 3.55. The van der Waals surface area contributed by atoms with E-state index < -0.39 is 5.97 Å². The van der Waals surface area contributed by atoms with Gasteiger partial charge in [0.15, 0.2) is 5.69 Å². The van der Waals surface area contributed by atoms with Gasteiger partial charge in [0.05, 0.1) is 17.1 Å². The fourth-order valence-electron chi connectivity index (χ4n) is 2.71. The zero-order valence-electron chi connectivity index (χ0n) is 16.5. The van der Waals surface area contributed by atoms with Crippen LogP contribution in [0.3, 0.4) is 0 Å². The first kappa shape index (κ1) is 20.2. The van der Waals surface area contributed by atoms with E-state index in [2.05, 4.69) is 20.4 Å². The van der Waals surface area contributed by atoms with Crippen molar-refractivity contribution >= 4 is 23.3 Å². The molecule has 4 rings (SSSR count). The molecule has 1 aliphatic rings. The fourth-order valence-corrected chi connectivity index (χ4v) is 2.71. The maximum absolute atomic E-state index is 12.4. The Hall–Kier alpha value is -3.49. The van der Waals surface area contributed by atoms with E-state index in [0.717, 1.165) is 11.5 Å². The van der Waals surface area contributed by atoms with Crippen LogP contribution in [0.1, 0.15) is 46.3 Å². The van der Waals surface area contributed by atoms with Crippen LogP contribution in [-0.4, -0.2) is 30.8 Å². The van der Waals surface area contributed by atoms with Gasteiger partial charge in [-0.3, -0.25) is 4.68 Å². The van der Waals surface area contributed by atoms with Gasteiger partial charge in [0.25, 0.3) is 0 Å². The summed E-state index contributed by atoms with van der Waals surface area (Å²) in [5.41, 5.74) is 7.84. The van der Waals surface area contributed by atoms with Crippen molar-refractivity contribution in [2.24, 2.45) is 7.05 Å². The van der Waals surface area contributed by atoms with Crippen LogP contribution >= 0.6 is 0 Å². The van der Waals surface area contributed by atoms with E-state index in [1.54, 1.807) is 30.7 Å². The van der Waals surface area contributed by atoms with Gasteiger partial charge in [-0.05, 0) is 51.0 Å². The molecular formula is C20H23FN6O2. The summed E-state index contributed by atoms with van der Waals surface area (Å²) in [7, 11) is 1.84. The molecule has 9 heteroatoms. The molecule has 0 amide bonds. The maximum atomic E-state index is 12.4. The van der Waals surface area contributed by atoms with Gasteiger partial charge < -0.3 is 16.2 Å². The number of carboxylic acids is 1. The summed E-state index contributed by atoms with van der Waals surface area (Å²) < 4.78 is 14.1. The molecule has 0 aromatic carbocycles. The van der Waals surface area contributed by atoms with Crippen LogP contribution in [0.15, 0.2) is 30.3 Å². The van der Waals surface area contributed by atoms with Crippen molar-refractivity contribution in [3.8, 4) is 0 Å². The van der Waals surface area contributed by atoms with Crippen LogP contribution in [0.4, 0.5) is 21.7 Å². The molecule has 3 aromatic heterocycles. The molecule has 1 saturated carbocycles. The van der Waals surface area contributed by atoms with E-state index in [1.165, 1.54) is 25.0 Å². The van der Waals surface area contributed by atoms with Gasteiger partial charge in [0.2, 0.25) is 0 Å². The highest BCUT2D eigenvalue weighted by molar-refractivity contribution is 5.92. The van der Waals surface area contributed by atoms with Gasteiger partial charge in [-0.15, -0.1) is 0 Å². The van der Waals surface area contributed by atoms with E-state index in [1.807, 2.05) is 13.1 Å². The first-order valence-electron chi connectivity index (χ1n) is 9.15. The summed E-state index contributed by atoms with van der Waals surface area (Å²) in [6.45, 7) is 3.34. The number of rotatable bonds is 4. The molecule has 0 atom stereocenters. The third-order valence-corrected chi connectivity index (χ3v) is 4.44. The Morgan fingerprint density at radius 2 is 1.97 bits per heavy atom. The van der Waals surface area contributed by atoms with Crippen molar-refractivity contribution < 1.29 is 14.3 Å². The molecule has 29 heavy (non-hydrogen) atoms. The molecule has 152 valence electrons. The number of aryl methyl sites for hydroxylation is 3. The number of anilines is 3. The largest absolute Gasteiger partial charge is 0.476 e. The van der Waals surface area contributed by atoms with Gasteiger partial charge >= 0.3 is 5.97 Å². The van der Waals surface area contributed by atoms with Crippen LogP contribution in [0.5, 0.6) is 0 Å².